The van der Waals surface area contributed by atoms with E-state index >= 15 is 0 Å². The van der Waals surface area contributed by atoms with Crippen LogP contribution in [0.1, 0.15) is 6.92 Å². The van der Waals surface area contributed by atoms with Crippen molar-refractivity contribution in [3.8, 4) is 5.75 Å². The summed E-state index contributed by atoms with van der Waals surface area (Å²) in [6, 6.07) is 20.2. The summed E-state index contributed by atoms with van der Waals surface area (Å²) in [5.41, 5.74) is 1.12. The molecule has 0 aliphatic carbocycles. The Morgan fingerprint density at radius 1 is 1.07 bits per heavy atom. The van der Waals surface area contributed by atoms with Gasteiger partial charge in [-0.1, -0.05) is 48.5 Å². The van der Waals surface area contributed by atoms with Gasteiger partial charge in [0.2, 0.25) is 10.0 Å². The van der Waals surface area contributed by atoms with Gasteiger partial charge in [0, 0.05) is 11.1 Å². The Morgan fingerprint density at radius 3 is 2.61 bits per heavy atom. The lowest BCUT2D eigenvalue weighted by Crippen LogP contribution is -2.49. The van der Waals surface area contributed by atoms with Gasteiger partial charge in [-0.2, -0.15) is 0 Å². The first-order valence-corrected chi connectivity index (χ1v) is 10.7. The Balaban J connectivity index is 1.65. The van der Waals surface area contributed by atoms with Crippen molar-refractivity contribution in [3.63, 3.8) is 0 Å². The highest BCUT2D eigenvalue weighted by Crippen LogP contribution is 2.35. The fourth-order valence-corrected chi connectivity index (χ4v) is 4.43. The molecule has 3 aromatic carbocycles. The summed E-state index contributed by atoms with van der Waals surface area (Å²) in [6.45, 7) is 1.52. The largest absolute Gasteiger partial charge is 0.476 e. The van der Waals surface area contributed by atoms with E-state index < -0.39 is 16.1 Å². The molecule has 1 N–H and O–H groups in total. The molecule has 1 aliphatic rings. The monoisotopic (exact) mass is 396 g/mol. The zero-order valence-corrected chi connectivity index (χ0v) is 16.1. The molecule has 0 spiro atoms. The summed E-state index contributed by atoms with van der Waals surface area (Å²) >= 11 is 0. The van der Waals surface area contributed by atoms with E-state index in [9.17, 15) is 13.2 Å². The lowest BCUT2D eigenvalue weighted by Gasteiger charge is -2.34. The number of hydrogen-bond acceptors (Lipinski definition) is 4. The van der Waals surface area contributed by atoms with Crippen molar-refractivity contribution < 1.29 is 17.9 Å². The van der Waals surface area contributed by atoms with Crippen LogP contribution in [0.5, 0.6) is 5.75 Å². The van der Waals surface area contributed by atoms with Crippen LogP contribution in [0.2, 0.25) is 0 Å². The number of sulfonamides is 1. The van der Waals surface area contributed by atoms with Crippen LogP contribution < -0.4 is 14.4 Å². The Kier molecular flexibility index (Phi) is 4.68. The summed E-state index contributed by atoms with van der Waals surface area (Å²) in [5, 5.41) is 4.80. The number of ether oxygens (including phenoxy) is 1. The third kappa shape index (κ3) is 3.29. The van der Waals surface area contributed by atoms with Gasteiger partial charge in [-0.15, -0.1) is 0 Å². The van der Waals surface area contributed by atoms with Crippen molar-refractivity contribution in [2.75, 3.05) is 21.9 Å². The lowest BCUT2D eigenvalue weighted by molar-refractivity contribution is -0.122. The highest BCUT2D eigenvalue weighted by molar-refractivity contribution is 7.92. The first-order chi connectivity index (χ1) is 13.5. The predicted molar refractivity (Wildman–Crippen MR) is 110 cm³/mol. The highest BCUT2D eigenvalue weighted by atomic mass is 32.2. The fourth-order valence-electron chi connectivity index (χ4n) is 3.31. The molecule has 6 nitrogen and oxygen atoms in total. The van der Waals surface area contributed by atoms with E-state index in [4.69, 9.17) is 4.74 Å². The molecule has 0 radical (unpaired) electrons. The first-order valence-electron chi connectivity index (χ1n) is 9.04. The second-order valence-corrected chi connectivity index (χ2v) is 8.70. The minimum Gasteiger partial charge on any atom is -0.476 e. The molecule has 1 amide bonds. The molecule has 0 bridgehead atoms. The maximum Gasteiger partial charge on any atom is 0.267 e. The van der Waals surface area contributed by atoms with Crippen molar-refractivity contribution in [1.29, 1.82) is 0 Å². The molecule has 0 saturated carbocycles. The zero-order valence-electron chi connectivity index (χ0n) is 15.3. The van der Waals surface area contributed by atoms with Crippen LogP contribution in [0, 0.1) is 0 Å². The average molecular weight is 396 g/mol. The van der Waals surface area contributed by atoms with E-state index in [2.05, 4.69) is 5.32 Å². The summed E-state index contributed by atoms with van der Waals surface area (Å²) in [5.74, 6) is -0.0649. The Bertz CT molecular complexity index is 1140. The van der Waals surface area contributed by atoms with Gasteiger partial charge in [-0.25, -0.2) is 8.42 Å². The summed E-state index contributed by atoms with van der Waals surface area (Å²) in [6.07, 6.45) is -0.949. The van der Waals surface area contributed by atoms with Crippen molar-refractivity contribution in [2.24, 2.45) is 0 Å². The SMILES string of the molecule is CCS(=O)(=O)N1C[C@@H](C(=O)Nc2cccc3ccccc23)Oc2ccccc21. The molecule has 1 atom stereocenters. The van der Waals surface area contributed by atoms with Crippen molar-refractivity contribution in [3.05, 3.63) is 66.7 Å². The van der Waals surface area contributed by atoms with Crippen LogP contribution in [0.25, 0.3) is 10.8 Å². The molecule has 0 saturated heterocycles. The predicted octanol–water partition coefficient (Wildman–Crippen LogP) is 3.40. The molecular weight excluding hydrogens is 376 g/mol. The highest BCUT2D eigenvalue weighted by Gasteiger charge is 2.36. The molecule has 1 heterocycles. The van der Waals surface area contributed by atoms with Crippen LogP contribution in [0.3, 0.4) is 0 Å². The van der Waals surface area contributed by atoms with E-state index in [0.717, 1.165) is 10.8 Å². The van der Waals surface area contributed by atoms with E-state index in [1.54, 1.807) is 31.2 Å². The van der Waals surface area contributed by atoms with E-state index in [1.807, 2.05) is 42.5 Å². The molecule has 0 unspecified atom stereocenters. The minimum absolute atomic E-state index is 0.0566. The molecular formula is C21H20N2O4S. The van der Waals surface area contributed by atoms with Crippen molar-refractivity contribution >= 4 is 38.1 Å². The molecule has 28 heavy (non-hydrogen) atoms. The average Bonchev–Trinajstić information content (AvgIpc) is 2.73. The summed E-state index contributed by atoms with van der Waals surface area (Å²) < 4.78 is 32.2. The maximum atomic E-state index is 12.9. The summed E-state index contributed by atoms with van der Waals surface area (Å²) in [7, 11) is -3.54. The number of benzene rings is 3. The third-order valence-electron chi connectivity index (χ3n) is 4.78. The molecule has 3 aromatic rings. The van der Waals surface area contributed by atoms with Crippen LogP contribution in [0.15, 0.2) is 66.7 Å². The molecule has 1 aliphatic heterocycles. The van der Waals surface area contributed by atoms with E-state index in [1.165, 1.54) is 4.31 Å². The molecule has 7 heteroatoms. The van der Waals surface area contributed by atoms with Gasteiger partial charge in [-0.05, 0) is 30.5 Å². The number of nitrogens with one attached hydrogen (secondary N) is 1. The standard InChI is InChI=1S/C21H20N2O4S/c1-2-28(25,26)23-14-20(27-19-13-6-5-12-18(19)23)21(24)22-17-11-7-9-15-8-3-4-10-16(15)17/h3-13,20H,2,14H2,1H3,(H,22,24)/t20-/m0/s1. The van der Waals surface area contributed by atoms with Gasteiger partial charge in [-0.3, -0.25) is 9.10 Å². The number of hydrogen-bond donors (Lipinski definition) is 1. The van der Waals surface area contributed by atoms with Gasteiger partial charge in [0.05, 0.1) is 18.0 Å². The molecule has 0 fully saturated rings. The zero-order chi connectivity index (χ0) is 19.7. The number of anilines is 2. The van der Waals surface area contributed by atoms with Gasteiger partial charge in [0.1, 0.15) is 5.75 Å². The number of carbonyl (C=O) groups excluding carboxylic acids is 1. The number of carbonyl (C=O) groups is 1. The topological polar surface area (TPSA) is 75.7 Å². The number of rotatable bonds is 4. The van der Waals surface area contributed by atoms with Crippen LogP contribution in [-0.2, 0) is 14.8 Å². The normalized spacial score (nSPS) is 16.3. The first kappa shape index (κ1) is 18.3. The number of amides is 1. The minimum atomic E-state index is -3.54. The van der Waals surface area contributed by atoms with Gasteiger partial charge < -0.3 is 10.1 Å². The molecule has 144 valence electrons. The Labute approximate surface area is 163 Å². The number of fused-ring (bicyclic) bond motifs is 2. The van der Waals surface area contributed by atoms with Crippen LogP contribution in [0.4, 0.5) is 11.4 Å². The number of para-hydroxylation sites is 2. The van der Waals surface area contributed by atoms with Gasteiger partial charge in [0.25, 0.3) is 5.91 Å². The van der Waals surface area contributed by atoms with Gasteiger partial charge in [0.15, 0.2) is 6.10 Å². The Hall–Kier alpha value is -3.06. The van der Waals surface area contributed by atoms with E-state index in [-0.39, 0.29) is 18.2 Å². The van der Waals surface area contributed by atoms with Crippen molar-refractivity contribution in [2.45, 2.75) is 13.0 Å². The number of nitrogens with zero attached hydrogens (tertiary/aromatic N) is 1. The molecule has 4 rings (SSSR count). The molecule has 0 aromatic heterocycles. The van der Waals surface area contributed by atoms with Gasteiger partial charge >= 0.3 is 0 Å². The summed E-state index contributed by atoms with van der Waals surface area (Å²) in [4.78, 5) is 12.9. The second kappa shape index (κ2) is 7.16. The van der Waals surface area contributed by atoms with Crippen molar-refractivity contribution in [1.82, 2.24) is 0 Å². The quantitative estimate of drug-likeness (QED) is 0.733. The Morgan fingerprint density at radius 2 is 1.79 bits per heavy atom. The van der Waals surface area contributed by atoms with Crippen LogP contribution in [-0.4, -0.2) is 32.7 Å². The maximum absolute atomic E-state index is 12.9. The third-order valence-corrected chi connectivity index (χ3v) is 6.52. The lowest BCUT2D eigenvalue weighted by atomic mass is 10.1. The second-order valence-electron chi connectivity index (χ2n) is 6.52. The smallest absolute Gasteiger partial charge is 0.267 e. The fraction of sp³-hybridized carbons (Fsp3) is 0.190. The van der Waals surface area contributed by atoms with E-state index in [0.29, 0.717) is 17.1 Å². The van der Waals surface area contributed by atoms with Crippen LogP contribution >= 0.6 is 0 Å².